The molecule has 1 fully saturated rings. The molecule has 0 spiro atoms. The molecule has 0 heterocycles. The van der Waals surface area contributed by atoms with Crippen molar-refractivity contribution in [2.45, 2.75) is 51.4 Å². The fourth-order valence-electron chi connectivity index (χ4n) is 5.06. The van der Waals surface area contributed by atoms with Crippen LogP contribution in [0.1, 0.15) is 62.6 Å². The Bertz CT molecular complexity index is 1100. The van der Waals surface area contributed by atoms with Gasteiger partial charge in [-0.15, -0.1) is 0 Å². The van der Waals surface area contributed by atoms with Gasteiger partial charge in [0.2, 0.25) is 0 Å². The van der Waals surface area contributed by atoms with Crippen LogP contribution in [0.4, 0.5) is 0 Å². The predicted molar refractivity (Wildman–Crippen MR) is 123 cm³/mol. The van der Waals surface area contributed by atoms with E-state index in [1.807, 2.05) is 0 Å². The third kappa shape index (κ3) is 3.30. The Balaban J connectivity index is 1.51. The van der Waals surface area contributed by atoms with E-state index in [-0.39, 0.29) is 5.41 Å². The molecule has 1 saturated carbocycles. The average Bonchev–Trinajstić information content (AvgIpc) is 3.00. The summed E-state index contributed by atoms with van der Waals surface area (Å²) in [5.41, 5.74) is 9.31. The van der Waals surface area contributed by atoms with Crippen molar-refractivity contribution in [3.05, 3.63) is 83.4 Å². The largest absolute Gasteiger partial charge is 0.0945 e. The molecular formula is C29H28. The first-order valence-corrected chi connectivity index (χ1v) is 11.0. The number of hydrogen-bond acceptors (Lipinski definition) is 0. The van der Waals surface area contributed by atoms with E-state index in [4.69, 9.17) is 0 Å². The lowest BCUT2D eigenvalue weighted by atomic mass is 9.81. The monoisotopic (exact) mass is 376 g/mol. The lowest BCUT2D eigenvalue weighted by molar-refractivity contribution is 0.430. The summed E-state index contributed by atoms with van der Waals surface area (Å²) in [4.78, 5) is 0. The molecule has 0 nitrogen and oxygen atoms in total. The van der Waals surface area contributed by atoms with Crippen LogP contribution in [0.5, 0.6) is 0 Å². The van der Waals surface area contributed by atoms with Crippen molar-refractivity contribution >= 4 is 0 Å². The van der Waals surface area contributed by atoms with Crippen molar-refractivity contribution in [1.29, 1.82) is 0 Å². The van der Waals surface area contributed by atoms with Crippen molar-refractivity contribution in [2.75, 3.05) is 0 Å². The summed E-state index contributed by atoms with van der Waals surface area (Å²) in [6, 6.07) is 24.5. The highest BCUT2D eigenvalue weighted by molar-refractivity contribution is 5.84. The van der Waals surface area contributed by atoms with Crippen LogP contribution >= 0.6 is 0 Å². The third-order valence-corrected chi connectivity index (χ3v) is 6.81. The van der Waals surface area contributed by atoms with Gasteiger partial charge in [-0.3, -0.25) is 0 Å². The highest BCUT2D eigenvalue weighted by Crippen LogP contribution is 2.49. The second kappa shape index (κ2) is 7.23. The Morgan fingerprint density at radius 2 is 1.41 bits per heavy atom. The molecule has 3 aromatic rings. The predicted octanol–water partition coefficient (Wildman–Crippen LogP) is 7.59. The van der Waals surface area contributed by atoms with Crippen LogP contribution in [0, 0.1) is 17.8 Å². The zero-order chi connectivity index (χ0) is 19.8. The minimum atomic E-state index is -0.00200. The summed E-state index contributed by atoms with van der Waals surface area (Å²) in [7, 11) is 0. The summed E-state index contributed by atoms with van der Waals surface area (Å²) in [5.74, 6) is 7.65. The number of fused-ring (bicyclic) bond motifs is 3. The van der Waals surface area contributed by atoms with Crippen molar-refractivity contribution in [3.63, 3.8) is 0 Å². The topological polar surface area (TPSA) is 0 Å². The van der Waals surface area contributed by atoms with E-state index in [1.165, 1.54) is 71.0 Å². The molecule has 2 aliphatic carbocycles. The minimum absolute atomic E-state index is 0.00200. The van der Waals surface area contributed by atoms with Crippen LogP contribution in [0.25, 0.3) is 22.3 Å². The normalized spacial score (nSPS) is 17.2. The SMILES string of the molecule is CC1(C)c2cc(C#CC3CCCCC3)ccc2-c2ccc(-c3ccccc3)cc21. The molecule has 0 aliphatic heterocycles. The van der Waals surface area contributed by atoms with Crippen molar-refractivity contribution in [2.24, 2.45) is 5.92 Å². The summed E-state index contributed by atoms with van der Waals surface area (Å²) in [6.45, 7) is 4.70. The smallest absolute Gasteiger partial charge is 0.0248 e. The number of hydrogen-bond donors (Lipinski definition) is 0. The quantitative estimate of drug-likeness (QED) is 0.384. The first-order valence-electron chi connectivity index (χ1n) is 11.0. The Morgan fingerprint density at radius 1 is 0.724 bits per heavy atom. The Labute approximate surface area is 175 Å². The highest BCUT2D eigenvalue weighted by atomic mass is 14.4. The van der Waals surface area contributed by atoms with Gasteiger partial charge in [-0.1, -0.05) is 93.5 Å². The van der Waals surface area contributed by atoms with Gasteiger partial charge in [-0.25, -0.2) is 0 Å². The zero-order valence-electron chi connectivity index (χ0n) is 17.5. The highest BCUT2D eigenvalue weighted by Gasteiger charge is 2.35. The first kappa shape index (κ1) is 18.3. The van der Waals surface area contributed by atoms with Crippen molar-refractivity contribution in [1.82, 2.24) is 0 Å². The molecule has 0 unspecified atom stereocenters. The zero-order valence-corrected chi connectivity index (χ0v) is 17.5. The molecule has 0 bridgehead atoms. The van der Waals surface area contributed by atoms with Gasteiger partial charge in [0.05, 0.1) is 0 Å². The Kier molecular flexibility index (Phi) is 4.56. The number of rotatable bonds is 1. The van der Waals surface area contributed by atoms with Gasteiger partial charge in [0.1, 0.15) is 0 Å². The van der Waals surface area contributed by atoms with E-state index in [1.54, 1.807) is 0 Å². The molecule has 0 radical (unpaired) electrons. The molecule has 0 N–H and O–H groups in total. The van der Waals surface area contributed by atoms with Crippen LogP contribution in [0.15, 0.2) is 66.7 Å². The van der Waals surface area contributed by atoms with E-state index in [9.17, 15) is 0 Å². The Hall–Kier alpha value is -2.78. The lowest BCUT2D eigenvalue weighted by Gasteiger charge is -2.22. The molecule has 29 heavy (non-hydrogen) atoms. The lowest BCUT2D eigenvalue weighted by Crippen LogP contribution is -2.15. The maximum Gasteiger partial charge on any atom is 0.0248 e. The van der Waals surface area contributed by atoms with Crippen LogP contribution in [-0.4, -0.2) is 0 Å². The van der Waals surface area contributed by atoms with Crippen LogP contribution in [0.2, 0.25) is 0 Å². The molecule has 0 atom stereocenters. The molecule has 3 aromatic carbocycles. The van der Waals surface area contributed by atoms with Gasteiger partial charge < -0.3 is 0 Å². The molecule has 0 amide bonds. The molecule has 2 aliphatic rings. The van der Waals surface area contributed by atoms with Gasteiger partial charge in [0.15, 0.2) is 0 Å². The van der Waals surface area contributed by atoms with E-state index in [2.05, 4.69) is 92.4 Å². The van der Waals surface area contributed by atoms with Crippen LogP contribution in [0.3, 0.4) is 0 Å². The molecule has 5 rings (SSSR count). The average molecular weight is 377 g/mol. The minimum Gasteiger partial charge on any atom is -0.0945 e. The van der Waals surface area contributed by atoms with E-state index < -0.39 is 0 Å². The maximum absolute atomic E-state index is 3.56. The summed E-state index contributed by atoms with van der Waals surface area (Å²) >= 11 is 0. The fourth-order valence-corrected chi connectivity index (χ4v) is 5.06. The Morgan fingerprint density at radius 3 is 2.17 bits per heavy atom. The van der Waals surface area contributed by atoms with E-state index in [0.717, 1.165) is 0 Å². The van der Waals surface area contributed by atoms with E-state index >= 15 is 0 Å². The van der Waals surface area contributed by atoms with Crippen LogP contribution in [-0.2, 0) is 5.41 Å². The van der Waals surface area contributed by atoms with Gasteiger partial charge in [0, 0.05) is 16.9 Å². The van der Waals surface area contributed by atoms with Crippen molar-refractivity contribution in [3.8, 4) is 34.1 Å². The molecule has 0 heteroatoms. The standard InChI is InChI=1S/C29H28/c1-29(2)27-19-22(14-13-21-9-5-3-6-10-21)15-17-25(27)26-18-16-24(20-28(26)29)23-11-7-4-8-12-23/h4,7-8,11-12,15-21H,3,5-6,9-10H2,1-2H3. The van der Waals surface area contributed by atoms with Gasteiger partial charge >= 0.3 is 0 Å². The summed E-state index contributed by atoms with van der Waals surface area (Å²) < 4.78 is 0. The van der Waals surface area contributed by atoms with Crippen LogP contribution < -0.4 is 0 Å². The third-order valence-electron chi connectivity index (χ3n) is 6.81. The van der Waals surface area contributed by atoms with Crippen molar-refractivity contribution < 1.29 is 0 Å². The fraction of sp³-hybridized carbons (Fsp3) is 0.310. The summed E-state index contributed by atoms with van der Waals surface area (Å²) in [5, 5.41) is 0. The number of benzene rings is 3. The maximum atomic E-state index is 3.56. The van der Waals surface area contributed by atoms with Gasteiger partial charge in [0.25, 0.3) is 0 Å². The van der Waals surface area contributed by atoms with Gasteiger partial charge in [-0.05, 0) is 64.4 Å². The summed E-state index contributed by atoms with van der Waals surface area (Å²) in [6.07, 6.45) is 6.62. The van der Waals surface area contributed by atoms with E-state index in [0.29, 0.717) is 5.92 Å². The first-order chi connectivity index (χ1) is 14.1. The second-order valence-corrected chi connectivity index (χ2v) is 9.12. The molecule has 144 valence electrons. The second-order valence-electron chi connectivity index (χ2n) is 9.12. The molecular weight excluding hydrogens is 348 g/mol. The molecule has 0 aromatic heterocycles. The van der Waals surface area contributed by atoms with Gasteiger partial charge in [-0.2, -0.15) is 0 Å². The molecule has 0 saturated heterocycles.